The van der Waals surface area contributed by atoms with E-state index >= 15 is 0 Å². The summed E-state index contributed by atoms with van der Waals surface area (Å²) in [5.74, 6) is 0. The van der Waals surface area contributed by atoms with Crippen molar-refractivity contribution in [1.82, 2.24) is 10.2 Å². The molecule has 0 amide bonds. The highest BCUT2D eigenvalue weighted by Crippen LogP contribution is 2.15. The number of rotatable bonds is 11. The predicted octanol–water partition coefficient (Wildman–Crippen LogP) is 1.48. The number of aliphatic hydroxyl groups is 1. The van der Waals surface area contributed by atoms with Gasteiger partial charge in [-0.05, 0) is 47.2 Å². The molecule has 0 aromatic carbocycles. The van der Waals surface area contributed by atoms with E-state index in [-0.39, 0.29) is 12.1 Å². The molecular weight excluding hydrogens is 228 g/mol. The van der Waals surface area contributed by atoms with Crippen LogP contribution in [0.15, 0.2) is 0 Å². The molecule has 0 aliphatic rings. The summed E-state index contributed by atoms with van der Waals surface area (Å²) in [6, 6.07) is 0.423. The van der Waals surface area contributed by atoms with Gasteiger partial charge in [-0.1, -0.05) is 6.92 Å². The van der Waals surface area contributed by atoms with Gasteiger partial charge in [0.05, 0.1) is 13.2 Å². The Labute approximate surface area is 113 Å². The van der Waals surface area contributed by atoms with E-state index in [1.807, 2.05) is 6.92 Å². The number of hydrogen-bond acceptors (Lipinski definition) is 4. The monoisotopic (exact) mass is 260 g/mol. The van der Waals surface area contributed by atoms with Crippen molar-refractivity contribution in [3.05, 3.63) is 0 Å². The number of likely N-dealkylation sites (N-methyl/N-ethyl adjacent to an activating group) is 1. The van der Waals surface area contributed by atoms with Gasteiger partial charge in [0.15, 0.2) is 0 Å². The quantitative estimate of drug-likeness (QED) is 0.552. The molecule has 0 rings (SSSR count). The van der Waals surface area contributed by atoms with Gasteiger partial charge in [-0.25, -0.2) is 0 Å². The molecule has 4 heteroatoms. The molecule has 4 nitrogen and oxygen atoms in total. The summed E-state index contributed by atoms with van der Waals surface area (Å²) in [7, 11) is 2.11. The first-order valence-corrected chi connectivity index (χ1v) is 7.13. The second kappa shape index (κ2) is 9.73. The first kappa shape index (κ1) is 17.8. The van der Waals surface area contributed by atoms with Gasteiger partial charge in [-0.3, -0.25) is 0 Å². The normalized spacial score (nSPS) is 16.8. The van der Waals surface area contributed by atoms with E-state index in [0.29, 0.717) is 6.04 Å². The smallest absolute Gasteiger partial charge is 0.0611 e. The number of ether oxygens (including phenoxy) is 1. The van der Waals surface area contributed by atoms with Crippen LogP contribution in [0, 0.1) is 0 Å². The summed E-state index contributed by atoms with van der Waals surface area (Å²) in [6.07, 6.45) is 2.02. The molecule has 2 atom stereocenters. The van der Waals surface area contributed by atoms with Crippen molar-refractivity contribution in [1.29, 1.82) is 0 Å². The molecule has 0 aliphatic heterocycles. The molecule has 0 saturated carbocycles. The zero-order valence-corrected chi connectivity index (χ0v) is 12.8. The van der Waals surface area contributed by atoms with E-state index in [9.17, 15) is 5.11 Å². The van der Waals surface area contributed by atoms with Crippen LogP contribution in [0.25, 0.3) is 0 Å². The minimum Gasteiger partial charge on any atom is -0.394 e. The minimum atomic E-state index is -0.185. The molecular formula is C14H32N2O2. The van der Waals surface area contributed by atoms with Crippen molar-refractivity contribution in [3.8, 4) is 0 Å². The fourth-order valence-corrected chi connectivity index (χ4v) is 2.00. The van der Waals surface area contributed by atoms with Crippen molar-refractivity contribution in [3.63, 3.8) is 0 Å². The fourth-order valence-electron chi connectivity index (χ4n) is 2.00. The maximum Gasteiger partial charge on any atom is 0.0611 e. The molecule has 0 saturated heterocycles. The van der Waals surface area contributed by atoms with E-state index in [1.165, 1.54) is 0 Å². The third-order valence-corrected chi connectivity index (χ3v) is 3.44. The lowest BCUT2D eigenvalue weighted by Gasteiger charge is -2.35. The van der Waals surface area contributed by atoms with Crippen LogP contribution < -0.4 is 5.32 Å². The zero-order chi connectivity index (χ0) is 14.0. The summed E-state index contributed by atoms with van der Waals surface area (Å²) < 4.78 is 5.37. The molecule has 0 radical (unpaired) electrons. The van der Waals surface area contributed by atoms with Crippen LogP contribution in [-0.2, 0) is 4.74 Å². The van der Waals surface area contributed by atoms with Gasteiger partial charge in [0, 0.05) is 24.7 Å². The van der Waals surface area contributed by atoms with Gasteiger partial charge < -0.3 is 20.1 Å². The van der Waals surface area contributed by atoms with Crippen LogP contribution in [0.5, 0.6) is 0 Å². The van der Waals surface area contributed by atoms with Gasteiger partial charge >= 0.3 is 0 Å². The van der Waals surface area contributed by atoms with Gasteiger partial charge in [-0.2, -0.15) is 0 Å². The Morgan fingerprint density at radius 2 is 2.06 bits per heavy atom. The number of hydrogen-bond donors (Lipinski definition) is 2. The van der Waals surface area contributed by atoms with Crippen molar-refractivity contribution in [2.75, 3.05) is 40.0 Å². The Balaban J connectivity index is 4.11. The predicted molar refractivity (Wildman–Crippen MR) is 77.0 cm³/mol. The van der Waals surface area contributed by atoms with Gasteiger partial charge in [0.1, 0.15) is 0 Å². The molecule has 0 heterocycles. The molecule has 0 bridgehead atoms. The summed E-state index contributed by atoms with van der Waals surface area (Å²) in [6.45, 7) is 12.1. The molecule has 110 valence electrons. The lowest BCUT2D eigenvalue weighted by atomic mass is 9.93. The van der Waals surface area contributed by atoms with Crippen molar-refractivity contribution in [2.45, 2.75) is 52.1 Å². The van der Waals surface area contributed by atoms with E-state index < -0.39 is 0 Å². The van der Waals surface area contributed by atoms with Crippen LogP contribution in [-0.4, -0.2) is 61.5 Å². The third-order valence-electron chi connectivity index (χ3n) is 3.44. The van der Waals surface area contributed by atoms with E-state index in [2.05, 4.69) is 38.0 Å². The molecule has 0 aromatic rings. The Morgan fingerprint density at radius 3 is 2.56 bits per heavy atom. The van der Waals surface area contributed by atoms with Crippen LogP contribution in [0.4, 0.5) is 0 Å². The minimum absolute atomic E-state index is 0.177. The summed E-state index contributed by atoms with van der Waals surface area (Å²) >= 11 is 0. The number of nitrogens with one attached hydrogen (secondary N) is 1. The molecule has 18 heavy (non-hydrogen) atoms. The van der Waals surface area contributed by atoms with Crippen molar-refractivity contribution < 1.29 is 9.84 Å². The largest absolute Gasteiger partial charge is 0.394 e. The van der Waals surface area contributed by atoms with Crippen LogP contribution in [0.1, 0.15) is 40.5 Å². The van der Waals surface area contributed by atoms with E-state index in [1.54, 1.807) is 0 Å². The Hall–Kier alpha value is -0.160. The van der Waals surface area contributed by atoms with Gasteiger partial charge in [0.2, 0.25) is 0 Å². The molecule has 0 fully saturated rings. The molecule has 2 unspecified atom stereocenters. The number of nitrogens with zero attached hydrogens (tertiary/aromatic N) is 1. The lowest BCUT2D eigenvalue weighted by molar-refractivity contribution is 0.0893. The highest BCUT2D eigenvalue weighted by atomic mass is 16.5. The average molecular weight is 260 g/mol. The highest BCUT2D eigenvalue weighted by Gasteiger charge is 2.26. The Bertz CT molecular complexity index is 202. The molecule has 0 aliphatic carbocycles. The Morgan fingerprint density at radius 1 is 1.39 bits per heavy atom. The first-order chi connectivity index (χ1) is 8.49. The van der Waals surface area contributed by atoms with Crippen LogP contribution in [0.3, 0.4) is 0 Å². The van der Waals surface area contributed by atoms with Gasteiger partial charge in [0.25, 0.3) is 0 Å². The number of aliphatic hydroxyl groups excluding tert-OH is 1. The van der Waals surface area contributed by atoms with E-state index in [0.717, 1.165) is 39.1 Å². The highest BCUT2D eigenvalue weighted by molar-refractivity contribution is 4.86. The first-order valence-electron chi connectivity index (χ1n) is 7.13. The molecule has 0 aromatic heterocycles. The van der Waals surface area contributed by atoms with Crippen LogP contribution in [0.2, 0.25) is 0 Å². The SMILES string of the molecule is CCCNC(C)(CO)CC(C)N(C)CCOCC. The lowest BCUT2D eigenvalue weighted by Crippen LogP contribution is -2.50. The van der Waals surface area contributed by atoms with Crippen molar-refractivity contribution in [2.24, 2.45) is 0 Å². The topological polar surface area (TPSA) is 44.7 Å². The zero-order valence-electron chi connectivity index (χ0n) is 12.8. The fraction of sp³-hybridized carbons (Fsp3) is 1.00. The molecule has 0 spiro atoms. The van der Waals surface area contributed by atoms with Gasteiger partial charge in [-0.15, -0.1) is 0 Å². The maximum absolute atomic E-state index is 9.55. The summed E-state index contributed by atoms with van der Waals surface area (Å²) in [5, 5.41) is 13.0. The summed E-state index contributed by atoms with van der Waals surface area (Å²) in [4.78, 5) is 2.29. The van der Waals surface area contributed by atoms with Crippen LogP contribution >= 0.6 is 0 Å². The second-order valence-corrected chi connectivity index (χ2v) is 5.38. The Kier molecular flexibility index (Phi) is 9.64. The van der Waals surface area contributed by atoms with Crippen molar-refractivity contribution >= 4 is 0 Å². The third kappa shape index (κ3) is 7.31. The summed E-state index contributed by atoms with van der Waals surface area (Å²) in [5.41, 5.74) is -0.185. The van der Waals surface area contributed by atoms with E-state index in [4.69, 9.17) is 4.74 Å². The second-order valence-electron chi connectivity index (χ2n) is 5.38. The molecule has 2 N–H and O–H groups in total. The maximum atomic E-state index is 9.55. The standard InChI is InChI=1S/C14H32N2O2/c1-6-8-15-14(4,12-17)11-13(3)16(5)9-10-18-7-2/h13,15,17H,6-12H2,1-5H3. The average Bonchev–Trinajstić information content (AvgIpc) is 2.36.